The molecule has 0 heterocycles. The van der Waals surface area contributed by atoms with Crippen LogP contribution in [-0.2, 0) is 4.79 Å². The highest BCUT2D eigenvalue weighted by molar-refractivity contribution is 8.24. The molecular weight excluding hydrogens is 350 g/mol. The zero-order valence-corrected chi connectivity index (χ0v) is 16.4. The van der Waals surface area contributed by atoms with E-state index < -0.39 is 0 Å². The number of hydrogen-bond acceptors (Lipinski definition) is 4. The minimum absolute atomic E-state index is 0.0408. The van der Waals surface area contributed by atoms with E-state index in [0.717, 1.165) is 26.6 Å². The molecule has 0 bridgehead atoms. The van der Waals surface area contributed by atoms with Gasteiger partial charge >= 0.3 is 0 Å². The van der Waals surface area contributed by atoms with Crippen LogP contribution in [0.15, 0.2) is 48.5 Å². The Bertz CT molecular complexity index is 711. The van der Waals surface area contributed by atoms with Crippen LogP contribution in [0.2, 0.25) is 0 Å². The maximum Gasteiger partial charge on any atom is 0.230 e. The molecule has 0 fully saturated rings. The quantitative estimate of drug-likeness (QED) is 0.735. The Balaban J connectivity index is 1.76. The number of thioether (sulfide) groups is 1. The summed E-state index contributed by atoms with van der Waals surface area (Å²) < 4.78 is 6.61. The highest BCUT2D eigenvalue weighted by Crippen LogP contribution is 2.22. The van der Waals surface area contributed by atoms with Crippen LogP contribution in [0.5, 0.6) is 5.75 Å². The van der Waals surface area contributed by atoms with E-state index in [4.69, 9.17) is 17.0 Å². The largest absolute Gasteiger partial charge is 0.491 e. The second-order valence-corrected chi connectivity index (χ2v) is 7.59. The third kappa shape index (κ3) is 6.18. The van der Waals surface area contributed by atoms with Gasteiger partial charge in [-0.25, -0.2) is 0 Å². The van der Waals surface area contributed by atoms with Crippen molar-refractivity contribution in [3.63, 3.8) is 0 Å². The van der Waals surface area contributed by atoms with E-state index in [9.17, 15) is 4.79 Å². The normalized spacial score (nSPS) is 11.6. The molecule has 5 heteroatoms. The molecule has 0 saturated carbocycles. The summed E-state index contributed by atoms with van der Waals surface area (Å²) in [6.45, 7) is 6.41. The van der Waals surface area contributed by atoms with Gasteiger partial charge in [0.15, 0.2) is 0 Å². The number of nitrogens with one attached hydrogen (secondary N) is 1. The second-order valence-electron chi connectivity index (χ2n) is 5.94. The highest BCUT2D eigenvalue weighted by atomic mass is 32.2. The lowest BCUT2D eigenvalue weighted by molar-refractivity contribution is -0.119. The average Bonchev–Trinajstić information content (AvgIpc) is 2.60. The molecule has 0 aliphatic rings. The Kier molecular flexibility index (Phi) is 7.47. The maximum absolute atomic E-state index is 12.1. The van der Waals surface area contributed by atoms with Crippen molar-refractivity contribution in [2.75, 3.05) is 12.4 Å². The summed E-state index contributed by atoms with van der Waals surface area (Å²) in [5, 5.41) is 2.95. The molecule has 0 aliphatic carbocycles. The van der Waals surface area contributed by atoms with Crippen LogP contribution in [0.3, 0.4) is 0 Å². The summed E-state index contributed by atoms with van der Waals surface area (Å²) in [5.74, 6) is 1.16. The fourth-order valence-electron chi connectivity index (χ4n) is 2.38. The van der Waals surface area contributed by atoms with E-state index in [1.54, 1.807) is 0 Å². The van der Waals surface area contributed by atoms with Crippen molar-refractivity contribution in [1.29, 1.82) is 0 Å². The molecule has 1 amide bonds. The van der Waals surface area contributed by atoms with Gasteiger partial charge in [0.1, 0.15) is 12.4 Å². The van der Waals surface area contributed by atoms with E-state index in [0.29, 0.717) is 12.4 Å². The molecule has 132 valence electrons. The van der Waals surface area contributed by atoms with Gasteiger partial charge in [0.25, 0.3) is 0 Å². The molecular formula is C20H23NO2S2. The Morgan fingerprint density at radius 1 is 1.12 bits per heavy atom. The number of carbonyl (C=O) groups excluding carboxylic acids is 1. The van der Waals surface area contributed by atoms with Crippen molar-refractivity contribution in [2.24, 2.45) is 0 Å². The van der Waals surface area contributed by atoms with E-state index in [-0.39, 0.29) is 11.9 Å². The highest BCUT2D eigenvalue weighted by Gasteiger charge is 2.11. The summed E-state index contributed by atoms with van der Waals surface area (Å²) in [5.41, 5.74) is 3.17. The van der Waals surface area contributed by atoms with Gasteiger partial charge < -0.3 is 10.1 Å². The summed E-state index contributed by atoms with van der Waals surface area (Å²) >= 11 is 6.73. The number of para-hydroxylation sites is 1. The number of aryl methyl sites for hydroxylation is 2. The van der Waals surface area contributed by atoms with E-state index in [2.05, 4.69) is 5.32 Å². The topological polar surface area (TPSA) is 38.3 Å². The molecule has 1 unspecified atom stereocenters. The van der Waals surface area contributed by atoms with Gasteiger partial charge in [0.05, 0.1) is 16.0 Å². The number of amides is 1. The van der Waals surface area contributed by atoms with Gasteiger partial charge in [-0.1, -0.05) is 60.7 Å². The van der Waals surface area contributed by atoms with Gasteiger partial charge in [-0.05, 0) is 37.5 Å². The van der Waals surface area contributed by atoms with Crippen molar-refractivity contribution in [1.82, 2.24) is 5.32 Å². The molecule has 2 aromatic carbocycles. The average molecular weight is 374 g/mol. The van der Waals surface area contributed by atoms with Crippen LogP contribution in [0.4, 0.5) is 0 Å². The molecule has 0 aliphatic heterocycles. The zero-order chi connectivity index (χ0) is 18.2. The number of rotatable bonds is 7. The molecule has 0 radical (unpaired) electrons. The van der Waals surface area contributed by atoms with Crippen LogP contribution in [0, 0.1) is 13.8 Å². The first-order chi connectivity index (χ1) is 12.0. The van der Waals surface area contributed by atoms with Gasteiger partial charge in [-0.15, -0.1) is 11.8 Å². The lowest BCUT2D eigenvalue weighted by atomic mass is 10.1. The van der Waals surface area contributed by atoms with Gasteiger partial charge in [-0.2, -0.15) is 0 Å². The number of thiocarbonyl (C=S) groups is 1. The molecule has 1 atom stereocenters. The fraction of sp³-hybridized carbons (Fsp3) is 0.300. The molecule has 0 spiro atoms. The zero-order valence-electron chi connectivity index (χ0n) is 14.7. The van der Waals surface area contributed by atoms with Crippen molar-refractivity contribution in [3.05, 3.63) is 65.2 Å². The van der Waals surface area contributed by atoms with Gasteiger partial charge in [0, 0.05) is 0 Å². The van der Waals surface area contributed by atoms with Crippen molar-refractivity contribution >= 4 is 34.1 Å². The van der Waals surface area contributed by atoms with Crippen LogP contribution in [-0.4, -0.2) is 28.5 Å². The van der Waals surface area contributed by atoms with Gasteiger partial charge in [0.2, 0.25) is 5.91 Å². The first kappa shape index (κ1) is 19.5. The molecule has 1 N–H and O–H groups in total. The van der Waals surface area contributed by atoms with E-state index in [1.807, 2.05) is 69.3 Å². The summed E-state index contributed by atoms with van der Waals surface area (Å²) in [6, 6.07) is 15.7. The molecule has 2 aromatic rings. The first-order valence-electron chi connectivity index (χ1n) is 8.18. The second kappa shape index (κ2) is 9.59. The monoisotopic (exact) mass is 373 g/mol. The van der Waals surface area contributed by atoms with Crippen molar-refractivity contribution < 1.29 is 9.53 Å². The summed E-state index contributed by atoms with van der Waals surface area (Å²) in [4.78, 5) is 12.1. The summed E-state index contributed by atoms with van der Waals surface area (Å²) in [6.07, 6.45) is 0. The number of hydrogen-bond donors (Lipinski definition) is 1. The number of ether oxygens (including phenoxy) is 1. The number of carbonyl (C=O) groups is 1. The lowest BCUT2D eigenvalue weighted by Crippen LogP contribution is -2.38. The minimum atomic E-state index is -0.0718. The first-order valence-corrected chi connectivity index (χ1v) is 9.57. The Morgan fingerprint density at radius 2 is 1.76 bits per heavy atom. The third-order valence-electron chi connectivity index (χ3n) is 3.64. The van der Waals surface area contributed by atoms with E-state index >= 15 is 0 Å². The Hall–Kier alpha value is -1.85. The molecule has 0 aromatic heterocycles. The van der Waals surface area contributed by atoms with Crippen LogP contribution >= 0.6 is 24.0 Å². The Labute approximate surface area is 159 Å². The molecule has 2 rings (SSSR count). The standard InChI is InChI=1S/C20H23NO2S2/c1-14-8-7-9-15(2)19(14)23-12-16(3)21-18(22)13-25-20(24)17-10-5-4-6-11-17/h4-11,16H,12-13H2,1-3H3,(H,21,22). The van der Waals surface area contributed by atoms with Crippen LogP contribution < -0.4 is 10.1 Å². The number of benzene rings is 2. The SMILES string of the molecule is Cc1cccc(C)c1OCC(C)NC(=O)CSC(=S)c1ccccc1. The Morgan fingerprint density at radius 3 is 2.40 bits per heavy atom. The molecule has 25 heavy (non-hydrogen) atoms. The minimum Gasteiger partial charge on any atom is -0.491 e. The predicted molar refractivity (Wildman–Crippen MR) is 110 cm³/mol. The predicted octanol–water partition coefficient (Wildman–Crippen LogP) is 4.30. The third-order valence-corrected chi connectivity index (χ3v) is 5.13. The fourth-order valence-corrected chi connectivity index (χ4v) is 3.34. The smallest absolute Gasteiger partial charge is 0.230 e. The molecule has 3 nitrogen and oxygen atoms in total. The van der Waals surface area contributed by atoms with Crippen LogP contribution in [0.1, 0.15) is 23.6 Å². The van der Waals surface area contributed by atoms with Crippen LogP contribution in [0.25, 0.3) is 0 Å². The van der Waals surface area contributed by atoms with Crippen molar-refractivity contribution in [3.8, 4) is 5.75 Å². The van der Waals surface area contributed by atoms with Crippen molar-refractivity contribution in [2.45, 2.75) is 26.8 Å². The van der Waals surface area contributed by atoms with E-state index in [1.165, 1.54) is 11.8 Å². The lowest BCUT2D eigenvalue weighted by Gasteiger charge is -2.17. The maximum atomic E-state index is 12.1. The summed E-state index contributed by atoms with van der Waals surface area (Å²) in [7, 11) is 0. The molecule has 0 saturated heterocycles. The van der Waals surface area contributed by atoms with Gasteiger partial charge in [-0.3, -0.25) is 4.79 Å².